The Morgan fingerprint density at radius 3 is 1.81 bits per heavy atom. The van der Waals surface area contributed by atoms with Crippen molar-refractivity contribution in [2.24, 2.45) is 16.8 Å². The summed E-state index contributed by atoms with van der Waals surface area (Å²) in [5.41, 5.74) is 3.62. The maximum atomic E-state index is 12.3. The van der Waals surface area contributed by atoms with Gasteiger partial charge >= 0.3 is 6.36 Å². The van der Waals surface area contributed by atoms with Crippen LogP contribution in [-0.4, -0.2) is 49.2 Å². The Balaban J connectivity index is -0.000000910. The van der Waals surface area contributed by atoms with Crippen molar-refractivity contribution in [1.82, 2.24) is 4.90 Å². The molecule has 5 nitrogen and oxygen atoms in total. The number of carbonyl (C=O) groups excluding carboxylic acids is 1. The van der Waals surface area contributed by atoms with Crippen molar-refractivity contribution in [3.63, 3.8) is 0 Å². The fraction of sp³-hybridized carbons (Fsp3) is 0.588. The first-order valence-electron chi connectivity index (χ1n) is 14.8. The van der Waals surface area contributed by atoms with Crippen LogP contribution in [0.3, 0.4) is 0 Å². The molecule has 2 rings (SSSR count). The number of aliphatic imine (C=N–C) groups is 1. The smallest absolute Gasteiger partial charge is 0.406 e. The Kier molecular flexibility index (Phi) is 26.8. The second-order valence-corrected chi connectivity index (χ2v) is 9.99. The molecule has 0 atom stereocenters. The summed E-state index contributed by atoms with van der Waals surface area (Å²) >= 11 is 0. The molecule has 0 heterocycles. The topological polar surface area (TPSA) is 62.1 Å². The lowest BCUT2D eigenvalue weighted by molar-refractivity contribution is -0.274. The number of hydrogen-bond donors (Lipinski definition) is 1. The van der Waals surface area contributed by atoms with Crippen molar-refractivity contribution in [1.29, 1.82) is 0 Å². The molecule has 1 fully saturated rings. The first-order valence-corrected chi connectivity index (χ1v) is 14.8. The van der Waals surface area contributed by atoms with Crippen LogP contribution in [0.2, 0.25) is 0 Å². The van der Waals surface area contributed by atoms with Gasteiger partial charge in [0.05, 0.1) is 6.61 Å². The molecule has 0 unspecified atom stereocenters. The van der Waals surface area contributed by atoms with Crippen molar-refractivity contribution in [3.8, 4) is 5.75 Å². The van der Waals surface area contributed by atoms with E-state index in [1.165, 1.54) is 38.3 Å². The molecule has 242 valence electrons. The summed E-state index contributed by atoms with van der Waals surface area (Å²) in [6.07, 6.45) is 5.52. The average Bonchev–Trinajstić information content (AvgIpc) is 2.87. The first kappa shape index (κ1) is 43.6. The second kappa shape index (κ2) is 25.8. The van der Waals surface area contributed by atoms with Crippen LogP contribution < -0.4 is 4.74 Å². The minimum atomic E-state index is -4.69. The van der Waals surface area contributed by atoms with Crippen molar-refractivity contribution < 1.29 is 27.8 Å². The molecule has 1 N–H and O–H groups in total. The van der Waals surface area contributed by atoms with Crippen molar-refractivity contribution >= 4 is 17.7 Å². The van der Waals surface area contributed by atoms with Gasteiger partial charge in [-0.2, -0.15) is 0 Å². The van der Waals surface area contributed by atoms with Gasteiger partial charge < -0.3 is 19.5 Å². The lowest BCUT2D eigenvalue weighted by Crippen LogP contribution is -2.27. The maximum Gasteiger partial charge on any atom is 0.573 e. The summed E-state index contributed by atoms with van der Waals surface area (Å²) in [4.78, 5) is 15.5. The number of benzene rings is 1. The maximum absolute atomic E-state index is 12.3. The average molecular weight is 599 g/mol. The largest absolute Gasteiger partial charge is 0.573 e. The Morgan fingerprint density at radius 2 is 1.50 bits per heavy atom. The highest BCUT2D eigenvalue weighted by molar-refractivity contribution is 6.04. The van der Waals surface area contributed by atoms with E-state index in [0.717, 1.165) is 53.3 Å². The fourth-order valence-electron chi connectivity index (χ4n) is 3.48. The van der Waals surface area contributed by atoms with E-state index < -0.39 is 6.36 Å². The standard InChI is InChI=1S/C22H29F3N2O.C4H8O.2C3H8.C2H4O/c1-7-17-12-19(13-17)16(4)26-21(27(5)6)15(3)14(2)18-8-10-20(11-9-18)28-22(23,24)25;1-2-3-4-5;2*1-3-2;1-2-3/h8-11,17,19H,4,7,12-13H2,1-3,5-6H3;2-3,5H,4H2,1H3;2*3H2,1-2H3;2H,1H3/b15-14+,26-21?;3-2+;;;. The minimum Gasteiger partial charge on any atom is -0.406 e. The van der Waals surface area contributed by atoms with E-state index in [1.807, 2.05) is 39.8 Å². The number of nitrogens with zero attached hydrogens (tertiary/aromatic N) is 2. The number of ether oxygens (including phenoxy) is 1. The SMILES string of the molecule is C/C=C/CO.C=C(N=C(/C(C)=C(\C)c1ccc(OC(F)(F)F)cc1)N(C)C)C1CC(CC)C1.CC=O.CCC.CCC. The minimum absolute atomic E-state index is 0.163. The number of allylic oxidation sites excluding steroid dienone is 3. The fourth-order valence-corrected chi connectivity index (χ4v) is 3.48. The zero-order valence-corrected chi connectivity index (χ0v) is 27.9. The van der Waals surface area contributed by atoms with Gasteiger partial charge in [0.25, 0.3) is 0 Å². The van der Waals surface area contributed by atoms with Crippen LogP contribution >= 0.6 is 0 Å². The summed E-state index contributed by atoms with van der Waals surface area (Å²) in [5, 5.41) is 7.98. The number of halogens is 3. The van der Waals surface area contributed by atoms with Crippen LogP contribution in [0.1, 0.15) is 100.0 Å². The van der Waals surface area contributed by atoms with E-state index in [0.29, 0.717) is 5.92 Å². The van der Waals surface area contributed by atoms with Crippen LogP contribution in [0.15, 0.2) is 59.3 Å². The Morgan fingerprint density at radius 1 is 1.05 bits per heavy atom. The highest BCUT2D eigenvalue weighted by Crippen LogP contribution is 2.40. The van der Waals surface area contributed by atoms with Crippen molar-refractivity contribution in [2.75, 3.05) is 20.7 Å². The van der Waals surface area contributed by atoms with E-state index in [-0.39, 0.29) is 12.4 Å². The zero-order valence-electron chi connectivity index (χ0n) is 27.9. The molecule has 1 aliphatic rings. The summed E-state index contributed by atoms with van der Waals surface area (Å²) < 4.78 is 40.9. The van der Waals surface area contributed by atoms with Crippen molar-refractivity contribution in [3.05, 3.63) is 59.8 Å². The molecule has 0 aliphatic heterocycles. The predicted molar refractivity (Wildman–Crippen MR) is 174 cm³/mol. The van der Waals surface area contributed by atoms with Gasteiger partial charge in [0.15, 0.2) is 0 Å². The molecule has 1 aromatic carbocycles. The monoisotopic (exact) mass is 598 g/mol. The number of hydrogen-bond acceptors (Lipinski definition) is 4. The van der Waals surface area contributed by atoms with Gasteiger partial charge in [-0.25, -0.2) is 4.99 Å². The normalized spacial score (nSPS) is 16.3. The van der Waals surface area contributed by atoms with Gasteiger partial charge in [-0.3, -0.25) is 0 Å². The molecular weight excluding hydrogens is 541 g/mol. The number of amidine groups is 1. The van der Waals surface area contributed by atoms with Gasteiger partial charge in [0, 0.05) is 25.7 Å². The molecule has 0 radical (unpaired) electrons. The van der Waals surface area contributed by atoms with E-state index in [4.69, 9.17) is 14.9 Å². The second-order valence-electron chi connectivity index (χ2n) is 9.99. The highest BCUT2D eigenvalue weighted by Gasteiger charge is 2.31. The van der Waals surface area contributed by atoms with Gasteiger partial charge in [-0.15, -0.1) is 13.2 Å². The molecule has 0 saturated heterocycles. The van der Waals surface area contributed by atoms with Crippen LogP contribution in [0.25, 0.3) is 5.57 Å². The Bertz CT molecular complexity index is 926. The van der Waals surface area contributed by atoms with Crippen molar-refractivity contribution in [2.45, 2.75) is 101 Å². The molecule has 1 saturated carbocycles. The zero-order chi connectivity index (χ0) is 33.3. The van der Waals surface area contributed by atoms with Gasteiger partial charge in [0.1, 0.15) is 17.9 Å². The summed E-state index contributed by atoms with van der Waals surface area (Å²) in [7, 11) is 3.86. The van der Waals surface area contributed by atoms with Crippen LogP contribution in [0, 0.1) is 11.8 Å². The van der Waals surface area contributed by atoms with E-state index in [2.05, 4.69) is 45.9 Å². The molecule has 0 spiro atoms. The lowest BCUT2D eigenvalue weighted by Gasteiger charge is -2.35. The summed E-state index contributed by atoms with van der Waals surface area (Å²) in [5.74, 6) is 1.80. The number of alkyl halides is 3. The molecule has 0 bridgehead atoms. The Labute approximate surface area is 254 Å². The van der Waals surface area contributed by atoms with E-state index in [1.54, 1.807) is 24.3 Å². The third-order valence-corrected chi connectivity index (χ3v) is 5.72. The third kappa shape index (κ3) is 20.9. The number of likely N-dealkylation sites (N-methyl/N-ethyl adjacent to an activating group) is 1. The molecule has 0 amide bonds. The first-order chi connectivity index (χ1) is 19.7. The number of rotatable bonds is 7. The number of aliphatic hydroxyl groups is 1. The molecule has 1 aromatic rings. The molecule has 0 aromatic heterocycles. The summed E-state index contributed by atoms with van der Waals surface area (Å²) in [6.45, 7) is 22.3. The van der Waals surface area contributed by atoms with Crippen LogP contribution in [0.5, 0.6) is 5.75 Å². The lowest BCUT2D eigenvalue weighted by atomic mass is 9.72. The van der Waals surface area contributed by atoms with E-state index >= 15 is 0 Å². The van der Waals surface area contributed by atoms with Gasteiger partial charge in [-0.1, -0.05) is 84.7 Å². The molecule has 8 heteroatoms. The molecule has 42 heavy (non-hydrogen) atoms. The number of carbonyl (C=O) groups is 1. The Hall–Kier alpha value is -2.87. The quantitative estimate of drug-likeness (QED) is 0.147. The van der Waals surface area contributed by atoms with Crippen LogP contribution in [0.4, 0.5) is 13.2 Å². The van der Waals surface area contributed by atoms with Gasteiger partial charge in [0.2, 0.25) is 0 Å². The third-order valence-electron chi connectivity index (χ3n) is 5.72. The summed E-state index contributed by atoms with van der Waals surface area (Å²) in [6, 6.07) is 5.90. The number of aldehydes is 1. The number of aliphatic hydroxyl groups excluding tert-OH is 1. The van der Waals surface area contributed by atoms with Crippen LogP contribution in [-0.2, 0) is 4.79 Å². The predicted octanol–water partition coefficient (Wildman–Crippen LogP) is 9.88. The van der Waals surface area contributed by atoms with Gasteiger partial charge in [-0.05, 0) is 75.3 Å². The van der Waals surface area contributed by atoms with E-state index in [9.17, 15) is 13.2 Å². The molecular formula is C34H57F3N2O3. The molecule has 1 aliphatic carbocycles. The highest BCUT2D eigenvalue weighted by atomic mass is 19.4.